The van der Waals surface area contributed by atoms with Gasteiger partial charge in [0, 0.05) is 25.7 Å². The molecule has 0 fully saturated rings. The zero-order chi connectivity index (χ0) is 74.8. The molecule has 0 saturated heterocycles. The molecule has 102 heavy (non-hydrogen) atoms. The molecule has 0 aromatic heterocycles. The lowest BCUT2D eigenvalue weighted by atomic mass is 9.99. The van der Waals surface area contributed by atoms with Gasteiger partial charge in [0.05, 0.1) is 26.4 Å². The fourth-order valence-electron chi connectivity index (χ4n) is 12.9. The first-order chi connectivity index (χ1) is 49.6. The molecule has 0 heterocycles. The summed E-state index contributed by atoms with van der Waals surface area (Å²) in [5.74, 6) is -1.23. The summed E-state index contributed by atoms with van der Waals surface area (Å²) in [4.78, 5) is 73.1. The number of carbonyl (C=O) groups is 4. The first kappa shape index (κ1) is 100. The summed E-state index contributed by atoms with van der Waals surface area (Å²) in [6.45, 7) is 7.42. The zero-order valence-corrected chi connectivity index (χ0v) is 68.5. The van der Waals surface area contributed by atoms with E-state index in [9.17, 15) is 43.2 Å². The second-order valence-electron chi connectivity index (χ2n) is 30.1. The summed E-state index contributed by atoms with van der Waals surface area (Å²) < 4.78 is 68.8. The number of phosphoric acid groups is 2. The molecule has 0 bridgehead atoms. The third-order valence-electron chi connectivity index (χ3n) is 19.9. The van der Waals surface area contributed by atoms with Crippen molar-refractivity contribution in [3.63, 3.8) is 0 Å². The van der Waals surface area contributed by atoms with E-state index < -0.39 is 97.5 Å². The molecule has 0 rings (SSSR count). The van der Waals surface area contributed by atoms with Crippen LogP contribution in [0, 0.1) is 5.92 Å². The van der Waals surface area contributed by atoms with Crippen molar-refractivity contribution in [2.45, 2.75) is 464 Å². The van der Waals surface area contributed by atoms with Gasteiger partial charge in [-0.15, -0.1) is 0 Å². The maximum atomic E-state index is 13.1. The lowest BCUT2D eigenvalue weighted by molar-refractivity contribution is -0.161. The number of phosphoric ester groups is 2. The first-order valence-electron chi connectivity index (χ1n) is 43.2. The highest BCUT2D eigenvalue weighted by Crippen LogP contribution is 2.45. The van der Waals surface area contributed by atoms with Gasteiger partial charge in [0.2, 0.25) is 0 Å². The summed E-state index contributed by atoms with van der Waals surface area (Å²) in [6, 6.07) is 0. The first-order valence-corrected chi connectivity index (χ1v) is 46.2. The van der Waals surface area contributed by atoms with E-state index in [1.807, 2.05) is 0 Å². The Kier molecular flexibility index (Phi) is 74.4. The van der Waals surface area contributed by atoms with E-state index in [4.69, 9.17) is 37.0 Å². The Labute approximate surface area is 626 Å². The summed E-state index contributed by atoms with van der Waals surface area (Å²) in [6.07, 6.45) is 67.8. The Morgan fingerprint density at radius 1 is 0.275 bits per heavy atom. The monoisotopic (exact) mass is 1490 g/mol. The van der Waals surface area contributed by atoms with Crippen LogP contribution in [-0.2, 0) is 65.4 Å². The predicted molar refractivity (Wildman–Crippen MR) is 418 cm³/mol. The largest absolute Gasteiger partial charge is 0.472 e. The average molecular weight is 1490 g/mol. The molecule has 3 N–H and O–H groups in total. The normalized spacial score (nSPS) is 14.1. The highest BCUT2D eigenvalue weighted by atomic mass is 31.2. The number of esters is 4. The summed E-state index contributed by atoms with van der Waals surface area (Å²) in [5.41, 5.74) is 0. The van der Waals surface area contributed by atoms with E-state index >= 15 is 0 Å². The number of hydrogen-bond acceptors (Lipinski definition) is 15. The van der Waals surface area contributed by atoms with Crippen LogP contribution in [0.4, 0.5) is 0 Å². The van der Waals surface area contributed by atoms with E-state index in [1.54, 1.807) is 0 Å². The maximum absolute atomic E-state index is 13.1. The number of rotatable bonds is 83. The number of ether oxygens (including phenoxy) is 4. The van der Waals surface area contributed by atoms with E-state index in [0.717, 1.165) is 95.8 Å². The highest BCUT2D eigenvalue weighted by Gasteiger charge is 2.30. The lowest BCUT2D eigenvalue weighted by Crippen LogP contribution is -2.30. The molecule has 17 nitrogen and oxygen atoms in total. The fraction of sp³-hybridized carbons (Fsp3) is 0.952. The summed E-state index contributed by atoms with van der Waals surface area (Å²) in [5, 5.41) is 10.7. The van der Waals surface area contributed by atoms with E-state index in [0.29, 0.717) is 25.7 Å². The van der Waals surface area contributed by atoms with Gasteiger partial charge in [0.15, 0.2) is 12.2 Å². The molecule has 0 aliphatic carbocycles. The van der Waals surface area contributed by atoms with Crippen LogP contribution in [0.3, 0.4) is 0 Å². The maximum Gasteiger partial charge on any atom is 0.472 e. The molecule has 606 valence electrons. The number of hydrogen-bond donors (Lipinski definition) is 3. The Morgan fingerprint density at radius 2 is 0.471 bits per heavy atom. The minimum Gasteiger partial charge on any atom is -0.462 e. The Hall–Kier alpha value is -1.94. The second-order valence-corrected chi connectivity index (χ2v) is 33.0. The van der Waals surface area contributed by atoms with Gasteiger partial charge >= 0.3 is 39.5 Å². The quantitative estimate of drug-likeness (QED) is 0.0222. The highest BCUT2D eigenvalue weighted by molar-refractivity contribution is 7.47. The van der Waals surface area contributed by atoms with Crippen molar-refractivity contribution in [1.82, 2.24) is 0 Å². The molecule has 0 aliphatic heterocycles. The molecule has 0 aliphatic rings. The van der Waals surface area contributed by atoms with Gasteiger partial charge in [-0.05, 0) is 31.6 Å². The molecule has 0 spiro atoms. The minimum atomic E-state index is -4.96. The van der Waals surface area contributed by atoms with Crippen molar-refractivity contribution in [1.29, 1.82) is 0 Å². The smallest absolute Gasteiger partial charge is 0.462 e. The van der Waals surface area contributed by atoms with Gasteiger partial charge in [-0.1, -0.05) is 394 Å². The average Bonchev–Trinajstić information content (AvgIpc) is 0.934. The van der Waals surface area contributed by atoms with Crippen LogP contribution < -0.4 is 0 Å². The Balaban J connectivity index is 5.22. The van der Waals surface area contributed by atoms with Crippen molar-refractivity contribution in [3.8, 4) is 0 Å². The topological polar surface area (TPSA) is 237 Å². The van der Waals surface area contributed by atoms with Crippen LogP contribution in [0.25, 0.3) is 0 Å². The van der Waals surface area contributed by atoms with E-state index in [2.05, 4.69) is 34.6 Å². The lowest BCUT2D eigenvalue weighted by Gasteiger charge is -2.21. The number of aliphatic hydroxyl groups excluding tert-OH is 1. The third-order valence-corrected chi connectivity index (χ3v) is 21.8. The van der Waals surface area contributed by atoms with Gasteiger partial charge in [0.1, 0.15) is 19.3 Å². The van der Waals surface area contributed by atoms with Crippen LogP contribution in [-0.4, -0.2) is 96.7 Å². The molecule has 6 atom stereocenters. The van der Waals surface area contributed by atoms with Crippen molar-refractivity contribution in [2.75, 3.05) is 39.6 Å². The second kappa shape index (κ2) is 75.9. The molecular formula is C83H162O17P2. The van der Waals surface area contributed by atoms with Crippen molar-refractivity contribution >= 4 is 39.5 Å². The van der Waals surface area contributed by atoms with Crippen LogP contribution in [0.1, 0.15) is 446 Å². The van der Waals surface area contributed by atoms with Gasteiger partial charge in [0.25, 0.3) is 0 Å². The van der Waals surface area contributed by atoms with Gasteiger partial charge in [-0.2, -0.15) is 0 Å². The minimum absolute atomic E-state index is 0.109. The third kappa shape index (κ3) is 74.9. The molecule has 3 unspecified atom stereocenters. The van der Waals surface area contributed by atoms with Crippen LogP contribution in [0.2, 0.25) is 0 Å². The summed E-state index contributed by atoms with van der Waals surface area (Å²) in [7, 11) is -9.92. The SMILES string of the molecule is CCCCCCCCCCCCCCCCC(=O)OC[C@H](COP(=O)(O)OC[C@@H](O)COP(=O)(O)OC[C@@H](COC(=O)CCCCCCCCCCCCCC)OC(=O)CCCCCCCCCCCCCCCC)OC(=O)CCCCCCCCCCCCCCCCCCCCC(C)CC. The fourth-order valence-corrected chi connectivity index (χ4v) is 14.5. The molecule has 0 saturated carbocycles. The number of carbonyl (C=O) groups excluding carboxylic acids is 4. The van der Waals surface area contributed by atoms with Crippen molar-refractivity contribution in [2.24, 2.45) is 5.92 Å². The molecular weight excluding hydrogens is 1330 g/mol. The number of unbranched alkanes of at least 4 members (excludes halogenated alkanes) is 54. The van der Waals surface area contributed by atoms with Gasteiger partial charge < -0.3 is 33.8 Å². The Morgan fingerprint density at radius 3 is 0.696 bits per heavy atom. The van der Waals surface area contributed by atoms with Crippen LogP contribution >= 0.6 is 15.6 Å². The molecule has 0 amide bonds. The van der Waals surface area contributed by atoms with Crippen LogP contribution in [0.15, 0.2) is 0 Å². The molecule has 19 heteroatoms. The van der Waals surface area contributed by atoms with E-state index in [1.165, 1.54) is 270 Å². The van der Waals surface area contributed by atoms with Crippen molar-refractivity contribution in [3.05, 3.63) is 0 Å². The van der Waals surface area contributed by atoms with Crippen molar-refractivity contribution < 1.29 is 80.2 Å². The zero-order valence-electron chi connectivity index (χ0n) is 66.8. The Bertz CT molecular complexity index is 1950. The summed E-state index contributed by atoms with van der Waals surface area (Å²) >= 11 is 0. The standard InChI is InChI=1S/C83H162O17P2/c1-6-10-13-16-19-22-25-28-37-42-47-52-57-62-67-81(86)94-73-79(100-83(88)69-64-59-54-49-44-39-35-33-31-30-32-34-36-40-45-50-55-60-65-76(5)9-4)75-98-102(91,92)96-71-77(84)70-95-101(89,90)97-74-78(72-93-80(85)66-61-56-51-46-41-27-24-21-18-15-12-8-3)99-82(87)68-63-58-53-48-43-38-29-26-23-20-17-14-11-7-2/h76-79,84H,6-75H2,1-5H3,(H,89,90)(H,91,92)/t76?,77-,78+,79+/m0/s1. The van der Waals surface area contributed by atoms with Crippen LogP contribution in [0.5, 0.6) is 0 Å². The van der Waals surface area contributed by atoms with E-state index in [-0.39, 0.29) is 25.7 Å². The molecule has 0 aromatic carbocycles. The molecule has 0 aromatic rings. The molecule has 0 radical (unpaired) electrons. The predicted octanol–water partition coefficient (Wildman–Crippen LogP) is 25.2. The van der Waals surface area contributed by atoms with Gasteiger partial charge in [-0.25, -0.2) is 9.13 Å². The van der Waals surface area contributed by atoms with Gasteiger partial charge in [-0.3, -0.25) is 37.3 Å². The number of aliphatic hydroxyl groups is 1.